The van der Waals surface area contributed by atoms with E-state index in [4.69, 9.17) is 6.42 Å². The van der Waals surface area contributed by atoms with E-state index in [1.165, 1.54) is 30.6 Å². The summed E-state index contributed by atoms with van der Waals surface area (Å²) in [6.07, 6.45) is 8.20. The standard InChI is InChI=1S/C19H27N3/c1-4-16-14-22-10-9-17(16)11-19(22)13-20-12-15-5-7-18(8-6-15)21(2)3/h1,5-8,16-17,19-20H,9-14H2,2-3H3/t16-,17-,19+/m0/s1. The van der Waals surface area contributed by atoms with E-state index in [0.717, 1.165) is 25.6 Å². The van der Waals surface area contributed by atoms with E-state index in [1.54, 1.807) is 0 Å². The average Bonchev–Trinajstić information content (AvgIpc) is 2.56. The molecule has 4 rings (SSSR count). The zero-order valence-corrected chi connectivity index (χ0v) is 13.8. The molecule has 1 unspecified atom stereocenters. The minimum atomic E-state index is 0.489. The third-order valence-electron chi connectivity index (χ3n) is 5.25. The number of fused-ring (bicyclic) bond motifs is 3. The van der Waals surface area contributed by atoms with Crippen molar-refractivity contribution in [2.24, 2.45) is 11.8 Å². The molecule has 4 atom stereocenters. The predicted molar refractivity (Wildman–Crippen MR) is 92.9 cm³/mol. The first kappa shape index (κ1) is 15.4. The van der Waals surface area contributed by atoms with E-state index in [9.17, 15) is 0 Å². The lowest BCUT2D eigenvalue weighted by Crippen LogP contribution is -2.55. The van der Waals surface area contributed by atoms with Gasteiger partial charge < -0.3 is 10.2 Å². The summed E-state index contributed by atoms with van der Waals surface area (Å²) < 4.78 is 0. The molecular formula is C19H27N3. The topological polar surface area (TPSA) is 18.5 Å². The third kappa shape index (κ3) is 3.29. The molecule has 3 fully saturated rings. The molecule has 22 heavy (non-hydrogen) atoms. The van der Waals surface area contributed by atoms with Crippen molar-refractivity contribution in [1.29, 1.82) is 0 Å². The number of benzene rings is 1. The highest BCUT2D eigenvalue weighted by Crippen LogP contribution is 2.35. The molecule has 3 aliphatic heterocycles. The van der Waals surface area contributed by atoms with Crippen LogP contribution in [0.1, 0.15) is 18.4 Å². The van der Waals surface area contributed by atoms with Crippen molar-refractivity contribution < 1.29 is 0 Å². The molecule has 1 aromatic rings. The van der Waals surface area contributed by atoms with Crippen LogP contribution in [0.15, 0.2) is 24.3 Å². The number of hydrogen-bond donors (Lipinski definition) is 1. The van der Waals surface area contributed by atoms with Gasteiger partial charge in [-0.2, -0.15) is 0 Å². The largest absolute Gasteiger partial charge is 0.378 e. The summed E-state index contributed by atoms with van der Waals surface area (Å²) in [5.41, 5.74) is 2.60. The Morgan fingerprint density at radius 3 is 2.68 bits per heavy atom. The highest BCUT2D eigenvalue weighted by atomic mass is 15.2. The first-order valence-electron chi connectivity index (χ1n) is 8.34. The van der Waals surface area contributed by atoms with Gasteiger partial charge in [-0.15, -0.1) is 12.3 Å². The number of hydrogen-bond acceptors (Lipinski definition) is 3. The Labute approximate surface area is 134 Å². The maximum Gasteiger partial charge on any atom is 0.0361 e. The second-order valence-electron chi connectivity index (χ2n) is 6.90. The molecule has 0 aliphatic carbocycles. The number of piperidine rings is 3. The van der Waals surface area contributed by atoms with Crippen molar-refractivity contribution in [2.75, 3.05) is 38.6 Å². The monoisotopic (exact) mass is 297 g/mol. The van der Waals surface area contributed by atoms with Crippen molar-refractivity contribution in [1.82, 2.24) is 10.2 Å². The summed E-state index contributed by atoms with van der Waals surface area (Å²) >= 11 is 0. The second-order valence-corrected chi connectivity index (χ2v) is 6.90. The molecule has 3 nitrogen and oxygen atoms in total. The third-order valence-corrected chi connectivity index (χ3v) is 5.25. The lowest BCUT2D eigenvalue weighted by atomic mass is 9.76. The minimum Gasteiger partial charge on any atom is -0.378 e. The van der Waals surface area contributed by atoms with Gasteiger partial charge in [-0.05, 0) is 43.0 Å². The number of nitrogens with one attached hydrogen (secondary N) is 1. The second kappa shape index (κ2) is 6.73. The average molecular weight is 297 g/mol. The maximum absolute atomic E-state index is 5.65. The highest BCUT2D eigenvalue weighted by Gasteiger charge is 2.38. The van der Waals surface area contributed by atoms with Gasteiger partial charge in [0.25, 0.3) is 0 Å². The Morgan fingerprint density at radius 2 is 2.09 bits per heavy atom. The van der Waals surface area contributed by atoms with Crippen LogP contribution in [0.5, 0.6) is 0 Å². The zero-order valence-electron chi connectivity index (χ0n) is 13.8. The first-order valence-corrected chi connectivity index (χ1v) is 8.34. The Hall–Kier alpha value is -1.50. The molecule has 3 saturated heterocycles. The van der Waals surface area contributed by atoms with Crippen molar-refractivity contribution >= 4 is 5.69 Å². The van der Waals surface area contributed by atoms with Gasteiger partial charge in [0.05, 0.1) is 0 Å². The van der Waals surface area contributed by atoms with Crippen LogP contribution < -0.4 is 10.2 Å². The van der Waals surface area contributed by atoms with E-state index in [-0.39, 0.29) is 0 Å². The van der Waals surface area contributed by atoms with Crippen LogP contribution in [0, 0.1) is 24.2 Å². The van der Waals surface area contributed by atoms with E-state index in [2.05, 4.69) is 59.4 Å². The van der Waals surface area contributed by atoms with Crippen molar-refractivity contribution in [3.05, 3.63) is 29.8 Å². The van der Waals surface area contributed by atoms with Crippen molar-refractivity contribution in [3.63, 3.8) is 0 Å². The summed E-state index contributed by atoms with van der Waals surface area (Å²) in [6, 6.07) is 9.46. The van der Waals surface area contributed by atoms with E-state index >= 15 is 0 Å². The molecule has 3 aliphatic rings. The quantitative estimate of drug-likeness (QED) is 0.841. The number of rotatable bonds is 5. The summed E-state index contributed by atoms with van der Waals surface area (Å²) in [5, 5.41) is 3.63. The Bertz CT molecular complexity index is 529. The molecule has 3 heterocycles. The van der Waals surface area contributed by atoms with Gasteiger partial charge in [0.1, 0.15) is 0 Å². The fourth-order valence-electron chi connectivity index (χ4n) is 3.83. The molecule has 0 spiro atoms. The van der Waals surface area contributed by atoms with Crippen LogP contribution in [0.3, 0.4) is 0 Å². The van der Waals surface area contributed by atoms with Gasteiger partial charge in [0.2, 0.25) is 0 Å². The van der Waals surface area contributed by atoms with Crippen LogP contribution in [0.25, 0.3) is 0 Å². The fraction of sp³-hybridized carbons (Fsp3) is 0.579. The number of nitrogens with zero attached hydrogens (tertiary/aromatic N) is 2. The molecule has 0 radical (unpaired) electrons. The van der Waals surface area contributed by atoms with Crippen molar-refractivity contribution in [2.45, 2.75) is 25.4 Å². The highest BCUT2D eigenvalue weighted by molar-refractivity contribution is 5.45. The summed E-state index contributed by atoms with van der Waals surface area (Å²) in [4.78, 5) is 4.72. The van der Waals surface area contributed by atoms with Gasteiger partial charge in [-0.3, -0.25) is 4.90 Å². The van der Waals surface area contributed by atoms with Gasteiger partial charge in [0, 0.05) is 51.4 Å². The van der Waals surface area contributed by atoms with E-state index in [1.807, 2.05) is 0 Å². The predicted octanol–water partition coefficient (Wildman–Crippen LogP) is 2.19. The van der Waals surface area contributed by atoms with Gasteiger partial charge in [-0.1, -0.05) is 12.1 Å². The minimum absolute atomic E-state index is 0.489. The van der Waals surface area contributed by atoms with Crippen LogP contribution in [-0.4, -0.2) is 44.7 Å². The lowest BCUT2D eigenvalue weighted by molar-refractivity contribution is 0.0227. The van der Waals surface area contributed by atoms with Crippen LogP contribution in [0.2, 0.25) is 0 Å². The molecule has 3 heteroatoms. The summed E-state index contributed by atoms with van der Waals surface area (Å²) in [7, 11) is 4.15. The Morgan fingerprint density at radius 1 is 1.32 bits per heavy atom. The number of anilines is 1. The maximum atomic E-state index is 5.65. The molecule has 0 amide bonds. The normalized spacial score (nSPS) is 30.0. The molecule has 2 bridgehead atoms. The molecule has 118 valence electrons. The Kier molecular flexibility index (Phi) is 4.71. The smallest absolute Gasteiger partial charge is 0.0361 e. The summed E-state index contributed by atoms with van der Waals surface area (Å²) in [5.74, 6) is 4.23. The van der Waals surface area contributed by atoms with E-state index in [0.29, 0.717) is 12.0 Å². The van der Waals surface area contributed by atoms with Gasteiger partial charge in [-0.25, -0.2) is 0 Å². The molecule has 1 aromatic carbocycles. The zero-order chi connectivity index (χ0) is 15.5. The van der Waals surface area contributed by atoms with Crippen LogP contribution >= 0.6 is 0 Å². The summed E-state index contributed by atoms with van der Waals surface area (Å²) in [6.45, 7) is 4.35. The SMILES string of the molecule is C#C[C@H]1CN2CC[C@H]1C[C@@H]2CNCc1ccc(N(C)C)cc1. The number of terminal acetylenes is 1. The van der Waals surface area contributed by atoms with E-state index < -0.39 is 0 Å². The van der Waals surface area contributed by atoms with Crippen LogP contribution in [-0.2, 0) is 6.54 Å². The molecule has 0 saturated carbocycles. The van der Waals surface area contributed by atoms with Gasteiger partial charge >= 0.3 is 0 Å². The Balaban J connectivity index is 1.47. The first-order chi connectivity index (χ1) is 10.7. The lowest BCUT2D eigenvalue weighted by Gasteiger charge is -2.48. The molecule has 0 aromatic heterocycles. The van der Waals surface area contributed by atoms with Gasteiger partial charge in [0.15, 0.2) is 0 Å². The van der Waals surface area contributed by atoms with Crippen LogP contribution in [0.4, 0.5) is 5.69 Å². The fourth-order valence-corrected chi connectivity index (χ4v) is 3.83. The van der Waals surface area contributed by atoms with Crippen molar-refractivity contribution in [3.8, 4) is 12.3 Å². The molecule has 1 N–H and O–H groups in total. The molecular weight excluding hydrogens is 270 g/mol.